The molecule has 3 heterocycles. The van der Waals surface area contributed by atoms with Gasteiger partial charge in [-0.1, -0.05) is 23.7 Å². The molecule has 2 aromatic heterocycles. The van der Waals surface area contributed by atoms with Crippen LogP contribution in [0, 0.1) is 5.82 Å². The number of hydrogen-bond acceptors (Lipinski definition) is 3. The topological polar surface area (TPSA) is 58.4 Å². The van der Waals surface area contributed by atoms with Crippen molar-refractivity contribution in [2.45, 2.75) is 13.0 Å². The second kappa shape index (κ2) is 5.58. The molecular formula is C17H13ClFN3O2. The number of halogens is 2. The molecule has 122 valence electrons. The van der Waals surface area contributed by atoms with Crippen molar-refractivity contribution in [3.05, 3.63) is 64.3 Å². The molecule has 0 fully saturated rings. The van der Waals surface area contributed by atoms with Gasteiger partial charge in [-0.2, -0.15) is 0 Å². The quantitative estimate of drug-likeness (QED) is 0.725. The number of carbonyl (C=O) groups is 1. The Bertz CT molecular complexity index is 953. The number of pyridine rings is 1. The van der Waals surface area contributed by atoms with Crippen molar-refractivity contribution in [3.8, 4) is 0 Å². The van der Waals surface area contributed by atoms with Crippen LogP contribution < -0.4 is 0 Å². The Hall–Kier alpha value is -2.44. The molecule has 1 aliphatic rings. The minimum atomic E-state index is -0.513. The van der Waals surface area contributed by atoms with E-state index in [9.17, 15) is 14.4 Å². The van der Waals surface area contributed by atoms with Crippen molar-refractivity contribution in [3.63, 3.8) is 0 Å². The van der Waals surface area contributed by atoms with Crippen LogP contribution in [0.4, 0.5) is 4.39 Å². The SMILES string of the molecule is O=C1c2ncc3c(c(Cl)cn3Cc3ccc(F)cc3)c2CCN1O. The highest BCUT2D eigenvalue weighted by atomic mass is 35.5. The summed E-state index contributed by atoms with van der Waals surface area (Å²) in [4.78, 5) is 16.2. The standard InChI is InChI=1S/C17H13ClFN3O2/c18-13-9-21(8-10-1-3-11(19)4-2-10)14-7-20-16-12(15(13)14)5-6-22(24)17(16)23/h1-4,7,9,24H,5-6,8H2. The van der Waals surface area contributed by atoms with Gasteiger partial charge in [-0.25, -0.2) is 14.4 Å². The molecule has 0 atom stereocenters. The summed E-state index contributed by atoms with van der Waals surface area (Å²) in [7, 11) is 0. The average molecular weight is 346 g/mol. The van der Waals surface area contributed by atoms with Crippen LogP contribution in [0.15, 0.2) is 36.7 Å². The molecule has 1 amide bonds. The van der Waals surface area contributed by atoms with E-state index in [-0.39, 0.29) is 18.1 Å². The number of carbonyl (C=O) groups excluding carboxylic acids is 1. The highest BCUT2D eigenvalue weighted by molar-refractivity contribution is 6.36. The Kier molecular flexibility index (Phi) is 3.51. The van der Waals surface area contributed by atoms with Crippen LogP contribution in [0.1, 0.15) is 21.6 Å². The summed E-state index contributed by atoms with van der Waals surface area (Å²) in [6.45, 7) is 0.732. The lowest BCUT2D eigenvalue weighted by Crippen LogP contribution is -2.35. The minimum Gasteiger partial charge on any atom is -0.340 e. The Morgan fingerprint density at radius 3 is 2.79 bits per heavy atom. The first-order valence-corrected chi connectivity index (χ1v) is 7.84. The van der Waals surface area contributed by atoms with Crippen molar-refractivity contribution in [2.24, 2.45) is 0 Å². The Balaban J connectivity index is 1.82. The number of hydrogen-bond donors (Lipinski definition) is 1. The average Bonchev–Trinajstić information content (AvgIpc) is 2.89. The number of amides is 1. The molecule has 0 spiro atoms. The highest BCUT2D eigenvalue weighted by Crippen LogP contribution is 2.33. The molecule has 0 bridgehead atoms. The molecule has 3 aromatic rings. The number of aromatic nitrogens is 2. The van der Waals surface area contributed by atoms with E-state index in [0.29, 0.717) is 23.1 Å². The van der Waals surface area contributed by atoms with Gasteiger partial charge in [0, 0.05) is 18.1 Å². The third kappa shape index (κ3) is 2.35. The molecule has 0 radical (unpaired) electrons. The zero-order valence-corrected chi connectivity index (χ0v) is 13.3. The largest absolute Gasteiger partial charge is 0.340 e. The normalized spacial score (nSPS) is 14.3. The van der Waals surface area contributed by atoms with Gasteiger partial charge < -0.3 is 4.57 Å². The van der Waals surface area contributed by atoms with E-state index in [0.717, 1.165) is 22.0 Å². The van der Waals surface area contributed by atoms with Crippen LogP contribution in [0.5, 0.6) is 0 Å². The second-order valence-corrected chi connectivity index (χ2v) is 6.16. The molecule has 1 aliphatic heterocycles. The molecule has 0 unspecified atom stereocenters. The van der Waals surface area contributed by atoms with Crippen LogP contribution in [0.25, 0.3) is 10.9 Å². The van der Waals surface area contributed by atoms with E-state index in [1.54, 1.807) is 24.5 Å². The third-order valence-corrected chi connectivity index (χ3v) is 4.54. The summed E-state index contributed by atoms with van der Waals surface area (Å²) < 4.78 is 15.0. The molecule has 0 saturated heterocycles. The molecule has 1 N–H and O–H groups in total. The Morgan fingerprint density at radius 1 is 1.29 bits per heavy atom. The van der Waals surface area contributed by atoms with Crippen molar-refractivity contribution in [1.29, 1.82) is 0 Å². The van der Waals surface area contributed by atoms with Gasteiger partial charge in [-0.05, 0) is 29.7 Å². The highest BCUT2D eigenvalue weighted by Gasteiger charge is 2.28. The van der Waals surface area contributed by atoms with E-state index < -0.39 is 5.91 Å². The molecule has 0 aliphatic carbocycles. The summed E-state index contributed by atoms with van der Waals surface area (Å²) in [5.41, 5.74) is 2.73. The zero-order valence-electron chi connectivity index (χ0n) is 12.5. The van der Waals surface area contributed by atoms with Gasteiger partial charge in [0.05, 0.1) is 23.3 Å². The second-order valence-electron chi connectivity index (χ2n) is 5.76. The lowest BCUT2D eigenvalue weighted by Gasteiger charge is -2.22. The summed E-state index contributed by atoms with van der Waals surface area (Å²) in [5, 5.41) is 11.5. The molecule has 4 rings (SSSR count). The molecule has 0 saturated carbocycles. The zero-order chi connectivity index (χ0) is 16.8. The Morgan fingerprint density at radius 2 is 2.04 bits per heavy atom. The van der Waals surface area contributed by atoms with E-state index in [1.807, 2.05) is 4.57 Å². The van der Waals surface area contributed by atoms with E-state index in [1.165, 1.54) is 12.1 Å². The fourth-order valence-electron chi connectivity index (χ4n) is 3.08. The molecule has 24 heavy (non-hydrogen) atoms. The Labute approximate surface area is 141 Å². The van der Waals surface area contributed by atoms with Gasteiger partial charge >= 0.3 is 0 Å². The summed E-state index contributed by atoms with van der Waals surface area (Å²) in [6.07, 6.45) is 3.86. The van der Waals surface area contributed by atoms with Gasteiger partial charge in [0.2, 0.25) is 0 Å². The summed E-state index contributed by atoms with van der Waals surface area (Å²) in [6, 6.07) is 6.26. The van der Waals surface area contributed by atoms with Gasteiger partial charge in [-0.15, -0.1) is 0 Å². The van der Waals surface area contributed by atoms with Crippen LogP contribution in [-0.4, -0.2) is 32.3 Å². The van der Waals surface area contributed by atoms with Gasteiger partial charge in [0.25, 0.3) is 5.91 Å². The fraction of sp³-hybridized carbons (Fsp3) is 0.176. The predicted molar refractivity (Wildman–Crippen MR) is 86.8 cm³/mol. The number of nitrogens with zero attached hydrogens (tertiary/aromatic N) is 3. The summed E-state index contributed by atoms with van der Waals surface area (Å²) >= 11 is 6.39. The van der Waals surface area contributed by atoms with Crippen molar-refractivity contribution < 1.29 is 14.4 Å². The lowest BCUT2D eigenvalue weighted by molar-refractivity contribution is -0.0606. The third-order valence-electron chi connectivity index (χ3n) is 4.25. The van der Waals surface area contributed by atoms with Crippen molar-refractivity contribution in [2.75, 3.05) is 6.54 Å². The maximum Gasteiger partial charge on any atom is 0.296 e. The number of fused-ring (bicyclic) bond motifs is 3. The first-order chi connectivity index (χ1) is 11.5. The van der Waals surface area contributed by atoms with Gasteiger partial charge in [0.15, 0.2) is 0 Å². The number of benzene rings is 1. The predicted octanol–water partition coefficient (Wildman–Crippen LogP) is 3.26. The van der Waals surface area contributed by atoms with Gasteiger partial charge in [0.1, 0.15) is 11.5 Å². The molecule has 1 aromatic carbocycles. The first-order valence-electron chi connectivity index (χ1n) is 7.46. The van der Waals surface area contributed by atoms with Crippen LogP contribution >= 0.6 is 11.6 Å². The number of rotatable bonds is 2. The van der Waals surface area contributed by atoms with Crippen molar-refractivity contribution >= 4 is 28.4 Å². The van der Waals surface area contributed by atoms with E-state index in [4.69, 9.17) is 11.6 Å². The molecule has 5 nitrogen and oxygen atoms in total. The smallest absolute Gasteiger partial charge is 0.296 e. The minimum absolute atomic E-state index is 0.214. The molecular weight excluding hydrogens is 333 g/mol. The fourth-order valence-corrected chi connectivity index (χ4v) is 3.41. The van der Waals surface area contributed by atoms with Crippen LogP contribution in [-0.2, 0) is 13.0 Å². The van der Waals surface area contributed by atoms with E-state index in [2.05, 4.69) is 4.98 Å². The number of hydroxylamine groups is 2. The maximum atomic E-state index is 13.0. The lowest BCUT2D eigenvalue weighted by atomic mass is 10.0. The van der Waals surface area contributed by atoms with Gasteiger partial charge in [-0.3, -0.25) is 10.0 Å². The van der Waals surface area contributed by atoms with E-state index >= 15 is 0 Å². The maximum absolute atomic E-state index is 13.0. The summed E-state index contributed by atoms with van der Waals surface area (Å²) in [5.74, 6) is -0.794. The van der Waals surface area contributed by atoms with Crippen LogP contribution in [0.2, 0.25) is 5.02 Å². The van der Waals surface area contributed by atoms with Crippen molar-refractivity contribution in [1.82, 2.24) is 14.6 Å². The first kappa shape index (κ1) is 15.1. The van der Waals surface area contributed by atoms with Crippen LogP contribution in [0.3, 0.4) is 0 Å². The molecule has 7 heteroatoms. The monoisotopic (exact) mass is 345 g/mol.